The second kappa shape index (κ2) is 8.19. The van der Waals surface area contributed by atoms with Crippen molar-refractivity contribution in [2.24, 2.45) is 0 Å². The number of rotatable bonds is 3. The van der Waals surface area contributed by atoms with E-state index < -0.39 is 0 Å². The summed E-state index contributed by atoms with van der Waals surface area (Å²) in [6, 6.07) is 7.23. The van der Waals surface area contributed by atoms with Gasteiger partial charge in [-0.3, -0.25) is 9.59 Å². The molecule has 1 saturated heterocycles. The van der Waals surface area contributed by atoms with E-state index in [-0.39, 0.29) is 17.7 Å². The van der Waals surface area contributed by atoms with E-state index in [2.05, 4.69) is 4.98 Å². The molecule has 0 aliphatic carbocycles. The van der Waals surface area contributed by atoms with E-state index in [4.69, 9.17) is 9.72 Å². The number of hydrogen-bond donors (Lipinski definition) is 0. The van der Waals surface area contributed by atoms with Crippen molar-refractivity contribution in [2.75, 3.05) is 26.7 Å². The van der Waals surface area contributed by atoms with Crippen LogP contribution in [0.15, 0.2) is 30.5 Å². The molecule has 1 fully saturated rings. The molecule has 0 N–H and O–H groups in total. The minimum atomic E-state index is -0.0111. The molecule has 7 nitrogen and oxygen atoms in total. The van der Waals surface area contributed by atoms with E-state index in [0.717, 1.165) is 36.5 Å². The van der Waals surface area contributed by atoms with Crippen molar-refractivity contribution in [1.82, 2.24) is 19.8 Å². The van der Waals surface area contributed by atoms with Crippen molar-refractivity contribution >= 4 is 11.8 Å². The Hall–Kier alpha value is -2.96. The van der Waals surface area contributed by atoms with E-state index in [0.29, 0.717) is 37.4 Å². The van der Waals surface area contributed by atoms with Crippen LogP contribution in [0.25, 0.3) is 0 Å². The number of likely N-dealkylation sites (tertiary alicyclic amines) is 1. The third-order valence-corrected chi connectivity index (χ3v) is 5.79. The van der Waals surface area contributed by atoms with E-state index in [1.807, 2.05) is 34.2 Å². The number of nitrogens with zero attached hydrogens (tertiary/aromatic N) is 4. The van der Waals surface area contributed by atoms with Crippen LogP contribution in [-0.2, 0) is 17.8 Å². The molecule has 1 atom stereocenters. The summed E-state index contributed by atoms with van der Waals surface area (Å²) >= 11 is 0. The van der Waals surface area contributed by atoms with Crippen LogP contribution in [0, 0.1) is 0 Å². The minimum Gasteiger partial charge on any atom is -0.497 e. The third kappa shape index (κ3) is 4.09. The van der Waals surface area contributed by atoms with Gasteiger partial charge in [-0.1, -0.05) is 6.07 Å². The highest BCUT2D eigenvalue weighted by Gasteiger charge is 2.28. The summed E-state index contributed by atoms with van der Waals surface area (Å²) in [6.45, 7) is 4.26. The van der Waals surface area contributed by atoms with Gasteiger partial charge in [0, 0.05) is 62.8 Å². The van der Waals surface area contributed by atoms with Crippen LogP contribution >= 0.6 is 0 Å². The first-order valence-corrected chi connectivity index (χ1v) is 10.1. The maximum Gasteiger partial charge on any atom is 0.254 e. The number of hydrogen-bond acceptors (Lipinski definition) is 5. The Morgan fingerprint density at radius 3 is 2.86 bits per heavy atom. The van der Waals surface area contributed by atoms with Crippen molar-refractivity contribution < 1.29 is 14.3 Å². The van der Waals surface area contributed by atoms with Crippen LogP contribution in [0.4, 0.5) is 0 Å². The van der Waals surface area contributed by atoms with Gasteiger partial charge in [0.25, 0.3) is 5.91 Å². The molecule has 29 heavy (non-hydrogen) atoms. The molecule has 0 unspecified atom stereocenters. The Morgan fingerprint density at radius 1 is 1.21 bits per heavy atom. The van der Waals surface area contributed by atoms with Crippen LogP contribution in [0.3, 0.4) is 0 Å². The predicted molar refractivity (Wildman–Crippen MR) is 108 cm³/mol. The highest BCUT2D eigenvalue weighted by molar-refractivity contribution is 5.94. The zero-order valence-electron chi connectivity index (χ0n) is 16.9. The molecule has 3 heterocycles. The average Bonchev–Trinajstić information content (AvgIpc) is 2.78. The van der Waals surface area contributed by atoms with Gasteiger partial charge >= 0.3 is 0 Å². The van der Waals surface area contributed by atoms with Gasteiger partial charge in [-0.25, -0.2) is 9.97 Å². The molecular formula is C22H26N4O3. The zero-order valence-corrected chi connectivity index (χ0v) is 16.9. The van der Waals surface area contributed by atoms with Gasteiger partial charge in [0.15, 0.2) is 0 Å². The number of benzene rings is 1. The zero-order chi connectivity index (χ0) is 20.4. The molecule has 0 bridgehead atoms. The summed E-state index contributed by atoms with van der Waals surface area (Å²) in [5.41, 5.74) is 2.64. The SMILES string of the molecule is COc1cccc(C(=O)N2CCc3nc([C@@H]4CCCN(C(C)=O)C4)ncc3C2)c1. The smallest absolute Gasteiger partial charge is 0.254 e. The first-order valence-electron chi connectivity index (χ1n) is 10.1. The maximum atomic E-state index is 12.9. The van der Waals surface area contributed by atoms with Crippen LogP contribution < -0.4 is 4.74 Å². The number of carbonyl (C=O) groups excluding carboxylic acids is 2. The Morgan fingerprint density at radius 2 is 2.07 bits per heavy atom. The maximum absolute atomic E-state index is 12.9. The number of piperidine rings is 1. The lowest BCUT2D eigenvalue weighted by Crippen LogP contribution is -2.39. The topological polar surface area (TPSA) is 75.6 Å². The van der Waals surface area contributed by atoms with E-state index in [9.17, 15) is 9.59 Å². The normalized spacial score (nSPS) is 18.9. The monoisotopic (exact) mass is 394 g/mol. The average molecular weight is 394 g/mol. The first-order chi connectivity index (χ1) is 14.0. The van der Waals surface area contributed by atoms with Gasteiger partial charge in [0.1, 0.15) is 11.6 Å². The van der Waals surface area contributed by atoms with Crippen molar-refractivity contribution in [3.05, 3.63) is 53.1 Å². The van der Waals surface area contributed by atoms with Gasteiger partial charge in [0.05, 0.1) is 12.8 Å². The second-order valence-electron chi connectivity index (χ2n) is 7.71. The minimum absolute atomic E-state index is 0.0111. The standard InChI is InChI=1S/C22H26N4O3/c1-15(27)25-9-4-6-17(13-25)21-23-12-18-14-26(10-8-20(18)24-21)22(28)16-5-3-7-19(11-16)29-2/h3,5,7,11-12,17H,4,6,8-10,13-14H2,1-2H3/t17-/m1/s1. The molecule has 152 valence electrons. The molecule has 4 rings (SSSR count). The summed E-state index contributed by atoms with van der Waals surface area (Å²) in [5, 5.41) is 0. The quantitative estimate of drug-likeness (QED) is 0.799. The molecule has 7 heteroatoms. The largest absolute Gasteiger partial charge is 0.497 e. The summed E-state index contributed by atoms with van der Waals surface area (Å²) in [6.07, 6.45) is 4.55. The Bertz CT molecular complexity index is 930. The molecule has 2 aliphatic heterocycles. The molecule has 2 aliphatic rings. The predicted octanol–water partition coefficient (Wildman–Crippen LogP) is 2.41. The van der Waals surface area contributed by atoms with Gasteiger partial charge in [-0.2, -0.15) is 0 Å². The van der Waals surface area contributed by atoms with Gasteiger partial charge < -0.3 is 14.5 Å². The Kier molecular flexibility index (Phi) is 5.47. The number of aromatic nitrogens is 2. The van der Waals surface area contributed by atoms with Crippen molar-refractivity contribution in [3.63, 3.8) is 0 Å². The molecule has 1 aromatic heterocycles. The van der Waals surface area contributed by atoms with Gasteiger partial charge in [-0.15, -0.1) is 0 Å². The van der Waals surface area contributed by atoms with Crippen molar-refractivity contribution in [3.8, 4) is 5.75 Å². The molecular weight excluding hydrogens is 368 g/mol. The summed E-state index contributed by atoms with van der Waals surface area (Å²) < 4.78 is 5.23. The molecule has 1 aromatic carbocycles. The fourth-order valence-corrected chi connectivity index (χ4v) is 4.11. The van der Waals surface area contributed by atoms with Gasteiger partial charge in [0.2, 0.25) is 5.91 Å². The van der Waals surface area contributed by atoms with Crippen LogP contribution in [0.5, 0.6) is 5.75 Å². The Balaban J connectivity index is 1.48. The fraction of sp³-hybridized carbons (Fsp3) is 0.455. The number of methoxy groups -OCH3 is 1. The Labute approximate surface area is 170 Å². The van der Waals surface area contributed by atoms with Crippen molar-refractivity contribution in [2.45, 2.75) is 38.6 Å². The molecule has 2 amide bonds. The second-order valence-corrected chi connectivity index (χ2v) is 7.71. The number of carbonyl (C=O) groups is 2. The highest BCUT2D eigenvalue weighted by Crippen LogP contribution is 2.27. The fourth-order valence-electron chi connectivity index (χ4n) is 4.11. The molecule has 2 aromatic rings. The van der Waals surface area contributed by atoms with Crippen molar-refractivity contribution in [1.29, 1.82) is 0 Å². The van der Waals surface area contributed by atoms with Crippen LogP contribution in [0.1, 0.15) is 53.1 Å². The number of ether oxygens (including phenoxy) is 1. The summed E-state index contributed by atoms with van der Waals surface area (Å²) in [5.74, 6) is 1.78. The summed E-state index contributed by atoms with van der Waals surface area (Å²) in [7, 11) is 1.59. The van der Waals surface area contributed by atoms with Crippen LogP contribution in [-0.4, -0.2) is 58.3 Å². The lowest BCUT2D eigenvalue weighted by Gasteiger charge is -2.32. The molecule has 0 spiro atoms. The lowest BCUT2D eigenvalue weighted by molar-refractivity contribution is -0.130. The first kappa shape index (κ1) is 19.4. The van der Waals surface area contributed by atoms with E-state index in [1.165, 1.54) is 0 Å². The number of amides is 2. The lowest BCUT2D eigenvalue weighted by atomic mass is 9.96. The molecule has 0 saturated carbocycles. The summed E-state index contributed by atoms with van der Waals surface area (Å²) in [4.78, 5) is 37.7. The van der Waals surface area contributed by atoms with Gasteiger partial charge in [-0.05, 0) is 31.0 Å². The molecule has 0 radical (unpaired) electrons. The third-order valence-electron chi connectivity index (χ3n) is 5.79. The van der Waals surface area contributed by atoms with E-state index >= 15 is 0 Å². The van der Waals surface area contributed by atoms with Crippen LogP contribution in [0.2, 0.25) is 0 Å². The number of fused-ring (bicyclic) bond motifs is 1. The van der Waals surface area contributed by atoms with E-state index in [1.54, 1.807) is 20.1 Å². The highest BCUT2D eigenvalue weighted by atomic mass is 16.5.